The summed E-state index contributed by atoms with van der Waals surface area (Å²) in [4.78, 5) is -0.613. The van der Waals surface area contributed by atoms with Crippen LogP contribution >= 0.6 is 11.6 Å². The molecule has 4 N–H and O–H groups in total. The van der Waals surface area contributed by atoms with Gasteiger partial charge >= 0.3 is 0 Å². The lowest BCUT2D eigenvalue weighted by atomic mass is 9.91. The van der Waals surface area contributed by atoms with Crippen molar-refractivity contribution in [2.45, 2.75) is 36.7 Å². The molecule has 0 heterocycles. The lowest BCUT2D eigenvalue weighted by Gasteiger charge is -2.33. The van der Waals surface area contributed by atoms with Crippen LogP contribution in [0.1, 0.15) is 25.7 Å². The first-order valence-corrected chi connectivity index (χ1v) is 3.74. The summed E-state index contributed by atoms with van der Waals surface area (Å²) in [7, 11) is 0. The van der Waals surface area contributed by atoms with Gasteiger partial charge in [0, 0.05) is 6.04 Å². The predicted molar refractivity (Wildman–Crippen MR) is 39.2 cm³/mol. The van der Waals surface area contributed by atoms with E-state index >= 15 is 0 Å². The van der Waals surface area contributed by atoms with Crippen LogP contribution in [0.15, 0.2) is 0 Å². The molecule has 1 saturated carbocycles. The van der Waals surface area contributed by atoms with Gasteiger partial charge in [-0.2, -0.15) is 0 Å². The molecular weight excluding hydrogens is 136 g/mol. The zero-order chi connectivity index (χ0) is 6.91. The average Bonchev–Trinajstić information content (AvgIpc) is 1.77. The highest BCUT2D eigenvalue weighted by Crippen LogP contribution is 2.27. The molecule has 1 fully saturated rings. The summed E-state index contributed by atoms with van der Waals surface area (Å²) >= 11 is 5.88. The Hall–Kier alpha value is 0.210. The lowest BCUT2D eigenvalue weighted by molar-refractivity contribution is 0.345. The van der Waals surface area contributed by atoms with Crippen molar-refractivity contribution < 1.29 is 0 Å². The van der Waals surface area contributed by atoms with Crippen molar-refractivity contribution in [2.75, 3.05) is 0 Å². The van der Waals surface area contributed by atoms with E-state index in [1.165, 1.54) is 6.42 Å². The van der Waals surface area contributed by atoms with Crippen molar-refractivity contribution in [3.05, 3.63) is 0 Å². The van der Waals surface area contributed by atoms with Crippen LogP contribution in [0.25, 0.3) is 0 Å². The Morgan fingerprint density at radius 1 is 1.44 bits per heavy atom. The molecule has 1 rings (SSSR count). The molecular formula is C6H13ClN2. The van der Waals surface area contributed by atoms with Gasteiger partial charge < -0.3 is 11.5 Å². The monoisotopic (exact) mass is 148 g/mol. The summed E-state index contributed by atoms with van der Waals surface area (Å²) in [5, 5.41) is 0. The number of hydrogen-bond donors (Lipinski definition) is 2. The molecule has 2 atom stereocenters. The fourth-order valence-corrected chi connectivity index (χ4v) is 1.43. The third kappa shape index (κ3) is 1.57. The minimum Gasteiger partial charge on any atom is -0.325 e. The van der Waals surface area contributed by atoms with Crippen molar-refractivity contribution in [1.82, 2.24) is 0 Å². The quantitative estimate of drug-likeness (QED) is 0.394. The van der Waals surface area contributed by atoms with E-state index in [9.17, 15) is 0 Å². The highest BCUT2D eigenvalue weighted by Gasteiger charge is 2.32. The molecule has 1 aliphatic rings. The van der Waals surface area contributed by atoms with Gasteiger partial charge in [-0.15, -0.1) is 11.6 Å². The van der Waals surface area contributed by atoms with Gasteiger partial charge in [0.05, 0.1) is 0 Å². The van der Waals surface area contributed by atoms with E-state index in [1.807, 2.05) is 0 Å². The lowest BCUT2D eigenvalue weighted by Crippen LogP contribution is -2.52. The number of halogens is 1. The van der Waals surface area contributed by atoms with Crippen LogP contribution in [0.5, 0.6) is 0 Å². The van der Waals surface area contributed by atoms with Crippen LogP contribution in [0.4, 0.5) is 0 Å². The van der Waals surface area contributed by atoms with Crippen LogP contribution < -0.4 is 11.5 Å². The fourth-order valence-electron chi connectivity index (χ4n) is 1.19. The van der Waals surface area contributed by atoms with E-state index < -0.39 is 5.00 Å². The van der Waals surface area contributed by atoms with Gasteiger partial charge in [-0.3, -0.25) is 0 Å². The van der Waals surface area contributed by atoms with Gasteiger partial charge in [0.25, 0.3) is 0 Å². The molecule has 0 aromatic heterocycles. The molecule has 0 unspecified atom stereocenters. The SMILES string of the molecule is N[C@@H]1CCCC[C@@]1(N)Cl. The maximum atomic E-state index is 5.88. The average molecular weight is 149 g/mol. The highest BCUT2D eigenvalue weighted by molar-refractivity contribution is 6.24. The Kier molecular flexibility index (Phi) is 1.99. The van der Waals surface area contributed by atoms with Gasteiger partial charge in [-0.25, -0.2) is 0 Å². The molecule has 0 aliphatic heterocycles. The van der Waals surface area contributed by atoms with E-state index in [-0.39, 0.29) is 6.04 Å². The Morgan fingerprint density at radius 2 is 2.11 bits per heavy atom. The van der Waals surface area contributed by atoms with E-state index in [1.54, 1.807) is 0 Å². The first kappa shape index (κ1) is 7.32. The van der Waals surface area contributed by atoms with Crippen molar-refractivity contribution >= 4 is 11.6 Å². The first-order chi connectivity index (χ1) is 4.13. The van der Waals surface area contributed by atoms with Crippen molar-refractivity contribution in [3.8, 4) is 0 Å². The van der Waals surface area contributed by atoms with Crippen molar-refractivity contribution in [1.29, 1.82) is 0 Å². The summed E-state index contributed by atoms with van der Waals surface area (Å²) in [6.07, 6.45) is 4.12. The maximum absolute atomic E-state index is 5.88. The largest absolute Gasteiger partial charge is 0.325 e. The number of hydrogen-bond acceptors (Lipinski definition) is 2. The van der Waals surface area contributed by atoms with Gasteiger partial charge in [0.1, 0.15) is 5.00 Å². The van der Waals surface area contributed by atoms with Gasteiger partial charge in [-0.1, -0.05) is 12.8 Å². The van der Waals surface area contributed by atoms with E-state index in [4.69, 9.17) is 23.1 Å². The molecule has 9 heavy (non-hydrogen) atoms. The molecule has 3 heteroatoms. The molecule has 0 saturated heterocycles. The normalized spacial score (nSPS) is 45.0. The van der Waals surface area contributed by atoms with Crippen LogP contribution in [-0.4, -0.2) is 11.0 Å². The van der Waals surface area contributed by atoms with Crippen LogP contribution in [0, 0.1) is 0 Å². The van der Waals surface area contributed by atoms with Crippen LogP contribution in [-0.2, 0) is 0 Å². The molecule has 1 aliphatic carbocycles. The maximum Gasteiger partial charge on any atom is 0.106 e. The number of alkyl halides is 1. The Morgan fingerprint density at radius 3 is 2.44 bits per heavy atom. The predicted octanol–water partition coefficient (Wildman–Crippen LogP) is 0.781. The van der Waals surface area contributed by atoms with Gasteiger partial charge in [0.2, 0.25) is 0 Å². The summed E-state index contributed by atoms with van der Waals surface area (Å²) < 4.78 is 0. The van der Waals surface area contributed by atoms with E-state index in [0.717, 1.165) is 19.3 Å². The Balaban J connectivity index is 2.49. The van der Waals surface area contributed by atoms with Gasteiger partial charge in [0.15, 0.2) is 0 Å². The minimum atomic E-state index is -0.613. The Bertz CT molecular complexity index is 103. The first-order valence-electron chi connectivity index (χ1n) is 3.36. The molecule has 0 aromatic rings. The zero-order valence-corrected chi connectivity index (χ0v) is 6.19. The minimum absolute atomic E-state index is 0.00656. The molecule has 2 nitrogen and oxygen atoms in total. The second kappa shape index (κ2) is 2.45. The van der Waals surface area contributed by atoms with E-state index in [2.05, 4.69) is 0 Å². The molecule has 0 amide bonds. The highest BCUT2D eigenvalue weighted by atomic mass is 35.5. The van der Waals surface area contributed by atoms with Crippen molar-refractivity contribution in [3.63, 3.8) is 0 Å². The van der Waals surface area contributed by atoms with E-state index in [0.29, 0.717) is 0 Å². The van der Waals surface area contributed by atoms with Crippen LogP contribution in [0.3, 0.4) is 0 Å². The number of nitrogens with two attached hydrogens (primary N) is 2. The molecule has 0 spiro atoms. The summed E-state index contributed by atoms with van der Waals surface area (Å²) in [6.45, 7) is 0. The molecule has 0 radical (unpaired) electrons. The summed E-state index contributed by atoms with van der Waals surface area (Å²) in [6, 6.07) is -0.00656. The Labute approximate surface area is 60.5 Å². The zero-order valence-electron chi connectivity index (χ0n) is 5.44. The number of rotatable bonds is 0. The molecule has 0 aromatic carbocycles. The standard InChI is InChI=1S/C6H13ClN2/c7-6(9)4-2-1-3-5(6)8/h5H,1-4,8-9H2/t5-,6+/m1/s1. The van der Waals surface area contributed by atoms with Crippen LogP contribution in [0.2, 0.25) is 0 Å². The second-order valence-electron chi connectivity index (χ2n) is 2.78. The second-order valence-corrected chi connectivity index (χ2v) is 3.48. The third-order valence-corrected chi connectivity index (χ3v) is 2.41. The summed E-state index contributed by atoms with van der Waals surface area (Å²) in [5.41, 5.74) is 11.3. The summed E-state index contributed by atoms with van der Waals surface area (Å²) in [5.74, 6) is 0. The third-order valence-electron chi connectivity index (χ3n) is 1.94. The molecule has 0 bridgehead atoms. The smallest absolute Gasteiger partial charge is 0.106 e. The van der Waals surface area contributed by atoms with Crippen molar-refractivity contribution in [2.24, 2.45) is 11.5 Å². The van der Waals surface area contributed by atoms with Gasteiger partial charge in [-0.05, 0) is 12.8 Å². The molecule has 54 valence electrons. The topological polar surface area (TPSA) is 52.0 Å². The fraction of sp³-hybridized carbons (Fsp3) is 1.00.